The molecule has 2 aromatic carbocycles. The first-order valence-corrected chi connectivity index (χ1v) is 11.7. The smallest absolute Gasteiger partial charge is 0.318 e. The topological polar surface area (TPSA) is 97.6 Å². The molecular formula is C22H22Cl2N2O5S. The second kappa shape index (κ2) is 10.0. The molecule has 2 N–H and O–H groups in total. The zero-order valence-corrected chi connectivity index (χ0v) is 20.0. The molecule has 0 aliphatic rings. The SMILES string of the molecule is COC(=O)C[S@](=O)c1ccc(C(CO)NC(=O)c2cc3c(Cl)c(Cl)c(C)cc3n2C)cc1. The molecule has 1 heterocycles. The van der Waals surface area contributed by atoms with Gasteiger partial charge in [0.25, 0.3) is 5.91 Å². The number of amides is 1. The van der Waals surface area contributed by atoms with Crippen LogP contribution in [0.5, 0.6) is 0 Å². The Labute approximate surface area is 197 Å². The molecule has 3 rings (SSSR count). The van der Waals surface area contributed by atoms with Gasteiger partial charge in [-0.05, 0) is 42.3 Å². The van der Waals surface area contributed by atoms with Gasteiger partial charge in [0.05, 0.1) is 46.1 Å². The minimum absolute atomic E-state index is 0.247. The number of fused-ring (bicyclic) bond motifs is 1. The fourth-order valence-electron chi connectivity index (χ4n) is 3.31. The summed E-state index contributed by atoms with van der Waals surface area (Å²) in [6.07, 6.45) is 0. The molecule has 0 aliphatic heterocycles. The first kappa shape index (κ1) is 24.3. The quantitative estimate of drug-likeness (QED) is 0.487. The van der Waals surface area contributed by atoms with Gasteiger partial charge in [-0.3, -0.25) is 13.8 Å². The highest BCUT2D eigenvalue weighted by atomic mass is 35.5. The van der Waals surface area contributed by atoms with Crippen LogP contribution in [-0.4, -0.2) is 45.2 Å². The van der Waals surface area contributed by atoms with Crippen molar-refractivity contribution in [3.8, 4) is 0 Å². The minimum Gasteiger partial charge on any atom is -0.468 e. The fourth-order valence-corrected chi connectivity index (χ4v) is 4.71. The van der Waals surface area contributed by atoms with Crippen molar-refractivity contribution in [1.29, 1.82) is 0 Å². The number of hydrogen-bond acceptors (Lipinski definition) is 5. The summed E-state index contributed by atoms with van der Waals surface area (Å²) in [7, 11) is 1.44. The van der Waals surface area contributed by atoms with E-state index in [0.717, 1.165) is 11.1 Å². The lowest BCUT2D eigenvalue weighted by Gasteiger charge is -2.17. The lowest BCUT2D eigenvalue weighted by atomic mass is 10.1. The molecule has 0 spiro atoms. The van der Waals surface area contributed by atoms with Gasteiger partial charge in [0.15, 0.2) is 0 Å². The number of carbonyl (C=O) groups is 2. The summed E-state index contributed by atoms with van der Waals surface area (Å²) in [6.45, 7) is 1.50. The number of aromatic nitrogens is 1. The first-order valence-electron chi connectivity index (χ1n) is 9.58. The molecule has 7 nitrogen and oxygen atoms in total. The van der Waals surface area contributed by atoms with Gasteiger partial charge >= 0.3 is 5.97 Å². The number of aliphatic hydroxyl groups excluding tert-OH is 1. The molecule has 0 saturated heterocycles. The summed E-state index contributed by atoms with van der Waals surface area (Å²) >= 11 is 12.6. The molecule has 1 aromatic heterocycles. The van der Waals surface area contributed by atoms with Gasteiger partial charge in [-0.15, -0.1) is 0 Å². The molecule has 0 saturated carbocycles. The Balaban J connectivity index is 1.82. The number of methoxy groups -OCH3 is 1. The normalized spacial score (nSPS) is 13.1. The van der Waals surface area contributed by atoms with Crippen LogP contribution < -0.4 is 5.32 Å². The van der Waals surface area contributed by atoms with E-state index < -0.39 is 28.7 Å². The van der Waals surface area contributed by atoms with E-state index in [1.54, 1.807) is 41.9 Å². The predicted molar refractivity (Wildman–Crippen MR) is 125 cm³/mol. The molecule has 0 radical (unpaired) electrons. The van der Waals surface area contributed by atoms with Crippen LogP contribution in [0.4, 0.5) is 0 Å². The molecule has 1 amide bonds. The molecule has 3 aromatic rings. The zero-order valence-electron chi connectivity index (χ0n) is 17.6. The number of rotatable bonds is 7. The van der Waals surface area contributed by atoms with Gasteiger partial charge in [0.2, 0.25) is 0 Å². The van der Waals surface area contributed by atoms with E-state index in [9.17, 15) is 18.9 Å². The van der Waals surface area contributed by atoms with E-state index in [-0.39, 0.29) is 12.4 Å². The summed E-state index contributed by atoms with van der Waals surface area (Å²) in [5.74, 6) is -1.21. The van der Waals surface area contributed by atoms with Crippen molar-refractivity contribution < 1.29 is 23.6 Å². The van der Waals surface area contributed by atoms with Gasteiger partial charge in [0.1, 0.15) is 11.4 Å². The van der Waals surface area contributed by atoms with Gasteiger partial charge in [-0.25, -0.2) is 0 Å². The Kier molecular flexibility index (Phi) is 7.61. The molecule has 0 bridgehead atoms. The van der Waals surface area contributed by atoms with Crippen molar-refractivity contribution >= 4 is 56.8 Å². The predicted octanol–water partition coefficient (Wildman–Crippen LogP) is 3.54. The van der Waals surface area contributed by atoms with Gasteiger partial charge in [-0.2, -0.15) is 0 Å². The van der Waals surface area contributed by atoms with Crippen LogP contribution in [0.25, 0.3) is 10.9 Å². The van der Waals surface area contributed by atoms with E-state index >= 15 is 0 Å². The van der Waals surface area contributed by atoms with Crippen molar-refractivity contribution in [3.63, 3.8) is 0 Å². The third-order valence-corrected chi connectivity index (χ3v) is 7.42. The number of nitrogens with zero attached hydrogens (tertiary/aromatic N) is 1. The summed E-state index contributed by atoms with van der Waals surface area (Å²) < 4.78 is 18.4. The van der Waals surface area contributed by atoms with E-state index in [2.05, 4.69) is 10.1 Å². The first-order chi connectivity index (χ1) is 15.2. The average Bonchev–Trinajstić information content (AvgIpc) is 3.12. The summed E-state index contributed by atoms with van der Waals surface area (Å²) in [4.78, 5) is 24.7. The number of halogens is 2. The highest BCUT2D eigenvalue weighted by Crippen LogP contribution is 2.35. The Morgan fingerprint density at radius 2 is 1.84 bits per heavy atom. The number of benzene rings is 2. The van der Waals surface area contributed by atoms with Crippen LogP contribution in [0, 0.1) is 6.92 Å². The number of aliphatic hydroxyl groups is 1. The Morgan fingerprint density at radius 3 is 2.44 bits per heavy atom. The second-order valence-corrected chi connectivity index (χ2v) is 9.39. The third kappa shape index (κ3) is 4.83. The number of aryl methyl sites for hydroxylation is 2. The molecule has 0 aliphatic carbocycles. The molecular weight excluding hydrogens is 475 g/mol. The van der Waals surface area contributed by atoms with E-state index in [1.807, 2.05) is 13.0 Å². The van der Waals surface area contributed by atoms with Crippen LogP contribution in [0.3, 0.4) is 0 Å². The fraction of sp³-hybridized carbons (Fsp3) is 0.273. The number of hydrogen-bond donors (Lipinski definition) is 2. The third-order valence-electron chi connectivity index (χ3n) is 5.15. The number of carbonyl (C=O) groups excluding carboxylic acids is 2. The second-order valence-electron chi connectivity index (χ2n) is 7.19. The Bertz CT molecular complexity index is 1210. The minimum atomic E-state index is -1.55. The zero-order chi connectivity index (χ0) is 23.6. The average molecular weight is 497 g/mol. The van der Waals surface area contributed by atoms with Gasteiger partial charge < -0.3 is 19.7 Å². The molecule has 0 fully saturated rings. The van der Waals surface area contributed by atoms with Crippen molar-refractivity contribution in [1.82, 2.24) is 9.88 Å². The number of ether oxygens (including phenoxy) is 1. The monoisotopic (exact) mass is 496 g/mol. The van der Waals surface area contributed by atoms with Gasteiger partial charge in [-0.1, -0.05) is 35.3 Å². The van der Waals surface area contributed by atoms with Crippen LogP contribution in [0.2, 0.25) is 10.0 Å². The molecule has 32 heavy (non-hydrogen) atoms. The number of esters is 1. The van der Waals surface area contributed by atoms with E-state index in [1.165, 1.54) is 7.11 Å². The summed E-state index contributed by atoms with van der Waals surface area (Å²) in [6, 6.07) is 9.29. The van der Waals surface area contributed by atoms with Crippen LogP contribution in [0.1, 0.15) is 27.7 Å². The molecule has 10 heteroatoms. The summed E-state index contributed by atoms with van der Waals surface area (Å²) in [5, 5.41) is 14.1. The molecule has 170 valence electrons. The van der Waals surface area contributed by atoms with Gasteiger partial charge in [0, 0.05) is 17.3 Å². The van der Waals surface area contributed by atoms with E-state index in [0.29, 0.717) is 31.6 Å². The number of nitrogens with one attached hydrogen (secondary N) is 1. The molecule has 1 unspecified atom stereocenters. The van der Waals surface area contributed by atoms with Crippen molar-refractivity contribution in [3.05, 3.63) is 63.3 Å². The van der Waals surface area contributed by atoms with E-state index in [4.69, 9.17) is 23.2 Å². The van der Waals surface area contributed by atoms with Crippen molar-refractivity contribution in [2.45, 2.75) is 17.9 Å². The van der Waals surface area contributed by atoms with Crippen LogP contribution in [-0.2, 0) is 27.4 Å². The van der Waals surface area contributed by atoms with Crippen molar-refractivity contribution in [2.75, 3.05) is 19.5 Å². The van der Waals surface area contributed by atoms with Crippen LogP contribution >= 0.6 is 23.2 Å². The Hall–Kier alpha value is -2.39. The largest absolute Gasteiger partial charge is 0.468 e. The molecule has 2 atom stereocenters. The maximum absolute atomic E-state index is 13.0. The summed E-state index contributed by atoms with van der Waals surface area (Å²) in [5.41, 5.74) is 2.54. The van der Waals surface area contributed by atoms with Crippen LogP contribution in [0.15, 0.2) is 41.3 Å². The Morgan fingerprint density at radius 1 is 1.19 bits per heavy atom. The maximum Gasteiger partial charge on any atom is 0.318 e. The standard InChI is InChI=1S/C22H22Cl2N2O5S/c1-12-8-17-15(21(24)20(12)23)9-18(26(17)2)22(29)25-16(10-27)13-4-6-14(7-5-13)32(30)11-19(28)31-3/h4-9,16,27H,10-11H2,1-3H3,(H,25,29)/t16?,32-/m0/s1. The lowest BCUT2D eigenvalue weighted by Crippen LogP contribution is -2.32. The highest BCUT2D eigenvalue weighted by molar-refractivity contribution is 7.85. The van der Waals surface area contributed by atoms with Crippen molar-refractivity contribution in [2.24, 2.45) is 7.05 Å². The lowest BCUT2D eigenvalue weighted by molar-refractivity contribution is -0.137. The maximum atomic E-state index is 13.0. The highest BCUT2D eigenvalue weighted by Gasteiger charge is 2.21.